The molecule has 4 aromatic heterocycles. The molecule has 0 aliphatic rings. The summed E-state index contributed by atoms with van der Waals surface area (Å²) in [6, 6.07) is 7.87. The van der Waals surface area contributed by atoms with Crippen LogP contribution in [0.25, 0.3) is 16.9 Å². The quantitative estimate of drug-likeness (QED) is 0.429. The highest BCUT2D eigenvalue weighted by atomic mass is 35.5. The van der Waals surface area contributed by atoms with Gasteiger partial charge in [-0.05, 0) is 31.2 Å². The molecule has 0 spiro atoms. The number of benzene rings is 1. The smallest absolute Gasteiger partial charge is 0.332 e. The van der Waals surface area contributed by atoms with Gasteiger partial charge >= 0.3 is 5.69 Å². The Morgan fingerprint density at radius 3 is 2.65 bits per heavy atom. The Labute approximate surface area is 179 Å². The van der Waals surface area contributed by atoms with E-state index in [1.807, 2.05) is 17.6 Å². The molecule has 0 bridgehead atoms. The van der Waals surface area contributed by atoms with Crippen molar-refractivity contribution in [1.29, 1.82) is 0 Å². The molecule has 8 nitrogen and oxygen atoms in total. The minimum atomic E-state index is -0.605. The summed E-state index contributed by atoms with van der Waals surface area (Å²) in [7, 11) is 1.53. The molecule has 0 amide bonds. The highest BCUT2D eigenvalue weighted by molar-refractivity contribution is 6.31. The number of rotatable bonds is 4. The summed E-state index contributed by atoms with van der Waals surface area (Å²) in [5.74, 6) is 0.645. The molecule has 0 aliphatic carbocycles. The molecule has 0 N–H and O–H groups in total. The molecule has 0 atom stereocenters. The fourth-order valence-corrected chi connectivity index (χ4v) is 4.01. The van der Waals surface area contributed by atoms with E-state index < -0.39 is 17.1 Å². The van der Waals surface area contributed by atoms with Gasteiger partial charge in [-0.1, -0.05) is 17.7 Å². The van der Waals surface area contributed by atoms with Crippen molar-refractivity contribution in [3.05, 3.63) is 91.5 Å². The summed E-state index contributed by atoms with van der Waals surface area (Å²) >= 11 is 6.11. The zero-order chi connectivity index (χ0) is 21.9. The highest BCUT2D eigenvalue weighted by Crippen LogP contribution is 2.21. The molecule has 0 fully saturated rings. The predicted octanol–water partition coefficient (Wildman–Crippen LogP) is 2.94. The van der Waals surface area contributed by atoms with Gasteiger partial charge in [0.2, 0.25) is 5.78 Å². The molecule has 158 valence electrons. The summed E-state index contributed by atoms with van der Waals surface area (Å²) < 4.78 is 25.5. The number of hydrogen-bond donors (Lipinski definition) is 0. The molecule has 4 heterocycles. The van der Waals surface area contributed by atoms with Crippen molar-refractivity contribution in [3.8, 4) is 0 Å². The van der Waals surface area contributed by atoms with E-state index in [-0.39, 0.29) is 28.3 Å². The van der Waals surface area contributed by atoms with Crippen LogP contribution in [0.2, 0.25) is 5.02 Å². The molecular formula is C21H17ClFN5O3. The molecule has 0 radical (unpaired) electrons. The van der Waals surface area contributed by atoms with Gasteiger partial charge in [-0.3, -0.25) is 18.3 Å². The van der Waals surface area contributed by atoms with E-state index in [1.165, 1.54) is 29.8 Å². The first-order valence-corrected chi connectivity index (χ1v) is 9.87. The van der Waals surface area contributed by atoms with E-state index in [1.54, 1.807) is 22.9 Å². The number of hydrogen-bond acceptors (Lipinski definition) is 4. The fraction of sp³-hybridized carbons (Fsp3) is 0.190. The monoisotopic (exact) mass is 441 g/mol. The average Bonchev–Trinajstić information content (AvgIpc) is 3.43. The fourth-order valence-electron chi connectivity index (χ4n) is 3.79. The molecule has 0 unspecified atom stereocenters. The van der Waals surface area contributed by atoms with Gasteiger partial charge < -0.3 is 8.98 Å². The minimum absolute atomic E-state index is 0.0787. The number of aromatic nitrogens is 5. The molecule has 1 aromatic carbocycles. The first-order chi connectivity index (χ1) is 14.9. The maximum atomic E-state index is 14.3. The Bertz CT molecular complexity index is 1550. The Hall–Kier alpha value is -3.59. The number of furan rings is 1. The molecule has 0 aliphatic heterocycles. The standard InChI is InChI=1S/C21H17ClFN5O3/c1-12-9-27-17-18(24-20(27)26(12)10-13-5-4-8-31-13)25(2)21(30)28(19(17)29)11-14-15(22)6-3-7-16(14)23/h3-9H,10-11H2,1-2H3. The first-order valence-electron chi connectivity index (χ1n) is 9.50. The summed E-state index contributed by atoms with van der Waals surface area (Å²) in [6.07, 6.45) is 3.36. The van der Waals surface area contributed by atoms with Crippen LogP contribution >= 0.6 is 11.6 Å². The summed E-state index contributed by atoms with van der Waals surface area (Å²) in [6.45, 7) is 2.03. The summed E-state index contributed by atoms with van der Waals surface area (Å²) in [5, 5.41) is 0.146. The van der Waals surface area contributed by atoms with Crippen LogP contribution in [0.3, 0.4) is 0 Å². The van der Waals surface area contributed by atoms with Gasteiger partial charge in [0, 0.05) is 29.5 Å². The van der Waals surface area contributed by atoms with Gasteiger partial charge in [0.05, 0.1) is 19.4 Å². The van der Waals surface area contributed by atoms with Gasteiger partial charge in [0.25, 0.3) is 5.56 Å². The van der Waals surface area contributed by atoms with E-state index in [4.69, 9.17) is 16.0 Å². The molecule has 5 aromatic rings. The van der Waals surface area contributed by atoms with Gasteiger partial charge in [-0.15, -0.1) is 0 Å². The average molecular weight is 442 g/mol. The molecule has 0 saturated carbocycles. The topological polar surface area (TPSA) is 79.4 Å². The summed E-state index contributed by atoms with van der Waals surface area (Å²) in [4.78, 5) is 30.8. The van der Waals surface area contributed by atoms with Gasteiger partial charge in [-0.2, -0.15) is 4.98 Å². The van der Waals surface area contributed by atoms with Crippen molar-refractivity contribution < 1.29 is 8.81 Å². The van der Waals surface area contributed by atoms with E-state index in [9.17, 15) is 14.0 Å². The zero-order valence-electron chi connectivity index (χ0n) is 16.7. The number of halogens is 2. The Balaban J connectivity index is 1.75. The first kappa shape index (κ1) is 19.4. The Morgan fingerprint density at radius 1 is 1.13 bits per heavy atom. The van der Waals surface area contributed by atoms with Crippen LogP contribution in [-0.2, 0) is 20.1 Å². The Kier molecular flexibility index (Phi) is 4.37. The second kappa shape index (κ2) is 6.98. The third kappa shape index (κ3) is 2.92. The van der Waals surface area contributed by atoms with Crippen LogP contribution in [0.15, 0.2) is 56.8 Å². The maximum absolute atomic E-state index is 14.3. The molecule has 10 heteroatoms. The minimum Gasteiger partial charge on any atom is -0.467 e. The van der Waals surface area contributed by atoms with Crippen molar-refractivity contribution in [2.24, 2.45) is 7.05 Å². The van der Waals surface area contributed by atoms with Crippen molar-refractivity contribution >= 4 is 28.5 Å². The lowest BCUT2D eigenvalue weighted by atomic mass is 10.2. The normalized spacial score (nSPS) is 11.7. The van der Waals surface area contributed by atoms with Crippen molar-refractivity contribution in [1.82, 2.24) is 23.1 Å². The van der Waals surface area contributed by atoms with Crippen LogP contribution in [-0.4, -0.2) is 23.1 Å². The van der Waals surface area contributed by atoms with Crippen molar-refractivity contribution in [3.63, 3.8) is 0 Å². The van der Waals surface area contributed by atoms with Gasteiger partial charge in [0.1, 0.15) is 11.6 Å². The van der Waals surface area contributed by atoms with Crippen LogP contribution in [0.1, 0.15) is 17.0 Å². The largest absolute Gasteiger partial charge is 0.467 e. The molecular weight excluding hydrogens is 425 g/mol. The highest BCUT2D eigenvalue weighted by Gasteiger charge is 2.21. The van der Waals surface area contributed by atoms with Crippen molar-refractivity contribution in [2.45, 2.75) is 20.0 Å². The number of imidazole rings is 2. The van der Waals surface area contributed by atoms with E-state index >= 15 is 0 Å². The SMILES string of the molecule is Cc1cn2c3c(=O)n(Cc4c(F)cccc4Cl)c(=O)n(C)c3nc2n1Cc1ccco1. The van der Waals surface area contributed by atoms with E-state index in [2.05, 4.69) is 4.98 Å². The van der Waals surface area contributed by atoms with E-state index in [0.29, 0.717) is 12.3 Å². The second-order valence-corrected chi connectivity index (χ2v) is 7.73. The third-order valence-corrected chi connectivity index (χ3v) is 5.77. The van der Waals surface area contributed by atoms with E-state index in [0.717, 1.165) is 16.0 Å². The van der Waals surface area contributed by atoms with Gasteiger partial charge in [-0.25, -0.2) is 9.18 Å². The van der Waals surface area contributed by atoms with Crippen molar-refractivity contribution in [2.75, 3.05) is 0 Å². The lowest BCUT2D eigenvalue weighted by Gasteiger charge is -2.10. The molecule has 0 saturated heterocycles. The predicted molar refractivity (Wildman–Crippen MR) is 113 cm³/mol. The molecule has 5 rings (SSSR count). The van der Waals surface area contributed by atoms with Crippen LogP contribution in [0.5, 0.6) is 0 Å². The second-order valence-electron chi connectivity index (χ2n) is 7.32. The van der Waals surface area contributed by atoms with Crippen LogP contribution in [0, 0.1) is 12.7 Å². The molecule has 31 heavy (non-hydrogen) atoms. The van der Waals surface area contributed by atoms with Crippen LogP contribution in [0.4, 0.5) is 4.39 Å². The third-order valence-electron chi connectivity index (χ3n) is 5.41. The number of nitrogens with zero attached hydrogens (tertiary/aromatic N) is 5. The van der Waals surface area contributed by atoms with Gasteiger partial charge in [0.15, 0.2) is 11.2 Å². The zero-order valence-corrected chi connectivity index (χ0v) is 17.4. The maximum Gasteiger partial charge on any atom is 0.332 e. The van der Waals surface area contributed by atoms with Crippen LogP contribution < -0.4 is 11.2 Å². The number of aryl methyl sites for hydroxylation is 2. The lowest BCUT2D eigenvalue weighted by Crippen LogP contribution is -2.39. The Morgan fingerprint density at radius 2 is 1.94 bits per heavy atom. The summed E-state index contributed by atoms with van der Waals surface area (Å²) in [5.41, 5.74) is 0.236. The lowest BCUT2D eigenvalue weighted by molar-refractivity contribution is 0.494. The number of fused-ring (bicyclic) bond motifs is 3.